The number of benzene rings is 2. The van der Waals surface area contributed by atoms with E-state index in [1.165, 1.54) is 18.2 Å². The number of nitrogens with one attached hydrogen (secondary N) is 2. The molecule has 1 aliphatic heterocycles. The average Bonchev–Trinajstić information content (AvgIpc) is 2.77. The van der Waals surface area contributed by atoms with Gasteiger partial charge >= 0.3 is 0 Å². The smallest absolute Gasteiger partial charge is 0.251 e. The number of amides is 2. The third kappa shape index (κ3) is 6.64. The summed E-state index contributed by atoms with van der Waals surface area (Å²) < 4.78 is 26.4. The Balaban J connectivity index is 1.39. The highest BCUT2D eigenvalue weighted by Crippen LogP contribution is 2.23. The summed E-state index contributed by atoms with van der Waals surface area (Å²) >= 11 is 11.8. The van der Waals surface area contributed by atoms with Crippen LogP contribution in [0, 0.1) is 17.6 Å². The van der Waals surface area contributed by atoms with Crippen molar-refractivity contribution in [2.75, 3.05) is 19.6 Å². The third-order valence-electron chi connectivity index (χ3n) is 5.58. The van der Waals surface area contributed by atoms with E-state index < -0.39 is 23.6 Å². The van der Waals surface area contributed by atoms with Crippen molar-refractivity contribution in [3.05, 3.63) is 69.2 Å². The summed E-state index contributed by atoms with van der Waals surface area (Å²) in [4.78, 5) is 26.9. The van der Waals surface area contributed by atoms with Gasteiger partial charge in [-0.25, -0.2) is 8.78 Å². The highest BCUT2D eigenvalue weighted by atomic mass is 35.5. The van der Waals surface area contributed by atoms with Crippen LogP contribution in [0.1, 0.15) is 35.7 Å². The molecule has 172 valence electrons. The van der Waals surface area contributed by atoms with E-state index in [1.54, 1.807) is 19.1 Å². The first-order valence-electron chi connectivity index (χ1n) is 10.4. The molecule has 9 heteroatoms. The largest absolute Gasteiger partial charge is 0.354 e. The van der Waals surface area contributed by atoms with Crippen molar-refractivity contribution in [3.63, 3.8) is 0 Å². The summed E-state index contributed by atoms with van der Waals surface area (Å²) in [6, 6.07) is 7.80. The SMILES string of the molecule is C[C@H](NC(=O)c1ccc(Cl)c(Cl)c1)C(=O)NCC1CCN(Cc2ccc(F)c(F)c2)CC1. The molecule has 2 amide bonds. The number of hydrogen-bond acceptors (Lipinski definition) is 3. The molecule has 0 spiro atoms. The van der Waals surface area contributed by atoms with Gasteiger partial charge in [0.15, 0.2) is 11.6 Å². The van der Waals surface area contributed by atoms with E-state index in [2.05, 4.69) is 15.5 Å². The second kappa shape index (κ2) is 11.1. The number of halogens is 4. The zero-order chi connectivity index (χ0) is 23.3. The van der Waals surface area contributed by atoms with Gasteiger partial charge in [-0.1, -0.05) is 29.3 Å². The summed E-state index contributed by atoms with van der Waals surface area (Å²) in [7, 11) is 0. The van der Waals surface area contributed by atoms with Gasteiger partial charge in [0.25, 0.3) is 5.91 Å². The summed E-state index contributed by atoms with van der Waals surface area (Å²) in [5.74, 6) is -2.02. The minimum absolute atomic E-state index is 0.261. The molecule has 0 bridgehead atoms. The summed E-state index contributed by atoms with van der Waals surface area (Å²) in [6.07, 6.45) is 1.77. The normalized spacial score (nSPS) is 15.9. The Morgan fingerprint density at radius 3 is 2.44 bits per heavy atom. The van der Waals surface area contributed by atoms with Gasteiger partial charge in [-0.05, 0) is 74.7 Å². The van der Waals surface area contributed by atoms with Crippen molar-refractivity contribution in [1.29, 1.82) is 0 Å². The van der Waals surface area contributed by atoms with E-state index in [4.69, 9.17) is 23.2 Å². The van der Waals surface area contributed by atoms with E-state index in [-0.39, 0.29) is 10.9 Å². The molecule has 5 nitrogen and oxygen atoms in total. The minimum Gasteiger partial charge on any atom is -0.354 e. The van der Waals surface area contributed by atoms with E-state index in [0.717, 1.165) is 37.6 Å². The fourth-order valence-electron chi connectivity index (χ4n) is 3.63. The van der Waals surface area contributed by atoms with Crippen molar-refractivity contribution >= 4 is 35.0 Å². The van der Waals surface area contributed by atoms with Crippen LogP contribution in [-0.4, -0.2) is 42.4 Å². The Morgan fingerprint density at radius 1 is 1.06 bits per heavy atom. The average molecular weight is 484 g/mol. The third-order valence-corrected chi connectivity index (χ3v) is 6.32. The maximum absolute atomic E-state index is 13.4. The van der Waals surface area contributed by atoms with Crippen molar-refractivity contribution in [2.45, 2.75) is 32.4 Å². The molecule has 0 saturated carbocycles. The van der Waals surface area contributed by atoms with E-state index >= 15 is 0 Å². The zero-order valence-electron chi connectivity index (χ0n) is 17.6. The fraction of sp³-hybridized carbons (Fsp3) is 0.391. The number of hydrogen-bond donors (Lipinski definition) is 2. The van der Waals surface area contributed by atoms with Crippen LogP contribution in [0.3, 0.4) is 0 Å². The fourth-order valence-corrected chi connectivity index (χ4v) is 3.92. The number of likely N-dealkylation sites (tertiary alicyclic amines) is 1. The number of carbonyl (C=O) groups is 2. The lowest BCUT2D eigenvalue weighted by Gasteiger charge is -2.32. The van der Waals surface area contributed by atoms with Gasteiger partial charge in [0.2, 0.25) is 5.91 Å². The van der Waals surface area contributed by atoms with Gasteiger partial charge in [-0.3, -0.25) is 14.5 Å². The van der Waals surface area contributed by atoms with Crippen molar-refractivity contribution in [2.24, 2.45) is 5.92 Å². The van der Waals surface area contributed by atoms with Gasteiger partial charge in [0, 0.05) is 18.7 Å². The van der Waals surface area contributed by atoms with Crippen LogP contribution in [0.5, 0.6) is 0 Å². The molecule has 1 saturated heterocycles. The number of piperidine rings is 1. The minimum atomic E-state index is -0.842. The van der Waals surface area contributed by atoms with Gasteiger partial charge in [0.05, 0.1) is 10.0 Å². The molecule has 3 rings (SSSR count). The molecule has 1 heterocycles. The predicted molar refractivity (Wildman–Crippen MR) is 121 cm³/mol. The lowest BCUT2D eigenvalue weighted by Crippen LogP contribution is -2.47. The number of rotatable bonds is 7. The Kier molecular flexibility index (Phi) is 8.45. The van der Waals surface area contributed by atoms with Crippen LogP contribution in [0.2, 0.25) is 10.0 Å². The van der Waals surface area contributed by atoms with Crippen LogP contribution in [0.25, 0.3) is 0 Å². The monoisotopic (exact) mass is 483 g/mol. The van der Waals surface area contributed by atoms with Crippen molar-refractivity contribution < 1.29 is 18.4 Å². The zero-order valence-corrected chi connectivity index (χ0v) is 19.1. The molecule has 1 aliphatic rings. The first-order chi connectivity index (χ1) is 15.2. The van der Waals surface area contributed by atoms with E-state index in [1.807, 2.05) is 0 Å². The maximum atomic E-state index is 13.4. The lowest BCUT2D eigenvalue weighted by molar-refractivity contribution is -0.122. The van der Waals surface area contributed by atoms with Crippen LogP contribution in [0.15, 0.2) is 36.4 Å². The second-order valence-corrected chi connectivity index (χ2v) is 8.85. The highest BCUT2D eigenvalue weighted by molar-refractivity contribution is 6.42. The second-order valence-electron chi connectivity index (χ2n) is 8.04. The molecular formula is C23H25Cl2F2N3O2. The molecule has 32 heavy (non-hydrogen) atoms. The molecule has 0 aromatic heterocycles. The molecule has 1 atom stereocenters. The van der Waals surface area contributed by atoms with Gasteiger partial charge in [0.1, 0.15) is 6.04 Å². The number of carbonyl (C=O) groups excluding carboxylic acids is 2. The molecule has 2 N–H and O–H groups in total. The number of nitrogens with zero attached hydrogens (tertiary/aromatic N) is 1. The Hall–Kier alpha value is -2.22. The van der Waals surface area contributed by atoms with Gasteiger partial charge in [-0.2, -0.15) is 0 Å². The van der Waals surface area contributed by atoms with Crippen LogP contribution >= 0.6 is 23.2 Å². The predicted octanol–water partition coefficient (Wildman–Crippen LogP) is 4.42. The summed E-state index contributed by atoms with van der Waals surface area (Å²) in [6.45, 7) is 4.32. The maximum Gasteiger partial charge on any atom is 0.251 e. The first kappa shape index (κ1) is 24.4. The van der Waals surface area contributed by atoms with Crippen molar-refractivity contribution in [3.8, 4) is 0 Å². The van der Waals surface area contributed by atoms with Gasteiger partial charge in [-0.15, -0.1) is 0 Å². The molecule has 1 fully saturated rings. The summed E-state index contributed by atoms with van der Waals surface area (Å²) in [5, 5.41) is 6.17. The lowest BCUT2D eigenvalue weighted by atomic mass is 9.96. The molecule has 0 aliphatic carbocycles. The van der Waals surface area contributed by atoms with Gasteiger partial charge < -0.3 is 10.6 Å². The Bertz CT molecular complexity index is 982. The van der Waals surface area contributed by atoms with Crippen LogP contribution in [0.4, 0.5) is 8.78 Å². The summed E-state index contributed by atoms with van der Waals surface area (Å²) in [5.41, 5.74) is 1.06. The molecule has 0 unspecified atom stereocenters. The molecule has 2 aromatic rings. The standard InChI is InChI=1S/C23H25Cl2F2N3O2/c1-14(29-23(32)17-3-4-18(24)19(25)11-17)22(31)28-12-15-6-8-30(9-7-15)13-16-2-5-20(26)21(27)10-16/h2-5,10-11,14-15H,6-9,12-13H2,1H3,(H,28,31)(H,29,32)/t14-/m0/s1. The quantitative estimate of drug-likeness (QED) is 0.612. The van der Waals surface area contributed by atoms with Crippen LogP contribution < -0.4 is 10.6 Å². The highest BCUT2D eigenvalue weighted by Gasteiger charge is 2.22. The molecular weight excluding hydrogens is 459 g/mol. The first-order valence-corrected chi connectivity index (χ1v) is 11.2. The van der Waals surface area contributed by atoms with Crippen LogP contribution in [-0.2, 0) is 11.3 Å². The molecule has 2 aromatic carbocycles. The van der Waals surface area contributed by atoms with E-state index in [0.29, 0.717) is 29.6 Å². The Labute approximate surface area is 196 Å². The van der Waals surface area contributed by atoms with Crippen molar-refractivity contribution in [1.82, 2.24) is 15.5 Å². The topological polar surface area (TPSA) is 61.4 Å². The molecule has 0 radical (unpaired) electrons. The Morgan fingerprint density at radius 2 is 1.78 bits per heavy atom. The van der Waals surface area contributed by atoms with E-state index in [9.17, 15) is 18.4 Å².